The first kappa shape index (κ1) is 13.6. The maximum absolute atomic E-state index is 7.69. The van der Waals surface area contributed by atoms with Gasteiger partial charge < -0.3 is 15.5 Å². The van der Waals surface area contributed by atoms with Crippen LogP contribution >= 0.6 is 0 Å². The van der Waals surface area contributed by atoms with E-state index in [2.05, 4.69) is 64.8 Å². The fourth-order valence-corrected chi connectivity index (χ4v) is 2.91. The normalized spacial score (nSPS) is 16.4. The van der Waals surface area contributed by atoms with E-state index in [0.717, 1.165) is 45.6 Å². The summed E-state index contributed by atoms with van der Waals surface area (Å²) in [6, 6.07) is 19.2. The smallest absolute Gasteiger partial charge is 0.122 e. The van der Waals surface area contributed by atoms with E-state index in [4.69, 9.17) is 1.41 Å². The monoisotopic (exact) mass is 296 g/mol. The van der Waals surface area contributed by atoms with Crippen LogP contribution in [0.1, 0.15) is 12.0 Å². The minimum atomic E-state index is 0.808. The van der Waals surface area contributed by atoms with Crippen LogP contribution in [-0.2, 0) is 6.42 Å². The van der Waals surface area contributed by atoms with Gasteiger partial charge in [0.1, 0.15) is 1.41 Å². The Kier molecular flexibility index (Phi) is 4.87. The lowest BCUT2D eigenvalue weighted by atomic mass is 10.1. The molecule has 2 aromatic carbocycles. The van der Waals surface area contributed by atoms with Gasteiger partial charge >= 0.3 is 0 Å². The highest BCUT2D eigenvalue weighted by molar-refractivity contribution is 5.70. The average molecular weight is 296 g/mol. The summed E-state index contributed by atoms with van der Waals surface area (Å²) in [7, 11) is 0. The lowest BCUT2D eigenvalue weighted by Crippen LogP contribution is -2.43. The first-order valence-electron chi connectivity index (χ1n) is 8.63. The van der Waals surface area contributed by atoms with Gasteiger partial charge in [-0.15, -0.1) is 0 Å². The molecule has 0 aromatic heterocycles. The van der Waals surface area contributed by atoms with Crippen molar-refractivity contribution < 1.29 is 1.41 Å². The predicted molar refractivity (Wildman–Crippen MR) is 94.8 cm³/mol. The highest BCUT2D eigenvalue weighted by atomic mass is 15.2. The SMILES string of the molecule is [2H]N1CCN(c2ccccc2NCCCc2ccccc2)CC1. The molecule has 2 aromatic rings. The van der Waals surface area contributed by atoms with Gasteiger partial charge in [-0.3, -0.25) is 0 Å². The topological polar surface area (TPSA) is 27.3 Å². The molecule has 1 aliphatic rings. The number of para-hydroxylation sites is 2. The number of hydrogen-bond acceptors (Lipinski definition) is 3. The lowest BCUT2D eigenvalue weighted by molar-refractivity contribution is 0.589. The van der Waals surface area contributed by atoms with E-state index >= 15 is 0 Å². The summed E-state index contributed by atoms with van der Waals surface area (Å²) < 4.78 is 7.69. The van der Waals surface area contributed by atoms with Crippen molar-refractivity contribution in [2.45, 2.75) is 12.8 Å². The number of hydrogen-bond donors (Lipinski definition) is 2. The third-order valence-corrected chi connectivity index (χ3v) is 4.10. The highest BCUT2D eigenvalue weighted by Crippen LogP contribution is 2.25. The first-order chi connectivity index (χ1) is 11.3. The van der Waals surface area contributed by atoms with E-state index in [1.165, 1.54) is 16.9 Å². The van der Waals surface area contributed by atoms with E-state index in [-0.39, 0.29) is 0 Å². The van der Waals surface area contributed by atoms with Crippen LogP contribution in [0.15, 0.2) is 54.6 Å². The van der Waals surface area contributed by atoms with Gasteiger partial charge in [0, 0.05) is 32.7 Å². The Morgan fingerprint density at radius 1 is 1.00 bits per heavy atom. The highest BCUT2D eigenvalue weighted by Gasteiger charge is 2.13. The molecule has 1 heterocycles. The molecule has 1 fully saturated rings. The average Bonchev–Trinajstić information content (AvgIpc) is 2.61. The molecule has 3 heteroatoms. The van der Waals surface area contributed by atoms with Gasteiger partial charge in [0.05, 0.1) is 11.4 Å². The zero-order chi connectivity index (χ0) is 15.9. The number of nitrogens with zero attached hydrogens (tertiary/aromatic N) is 1. The van der Waals surface area contributed by atoms with Crippen LogP contribution in [0, 0.1) is 0 Å². The van der Waals surface area contributed by atoms with E-state index in [1.54, 1.807) is 5.31 Å². The lowest BCUT2D eigenvalue weighted by Gasteiger charge is -2.31. The number of anilines is 2. The fourth-order valence-electron chi connectivity index (χ4n) is 2.91. The molecule has 116 valence electrons. The Balaban J connectivity index is 1.53. The first-order valence-corrected chi connectivity index (χ1v) is 8.18. The maximum atomic E-state index is 7.69. The number of piperazine rings is 1. The van der Waals surface area contributed by atoms with Crippen molar-refractivity contribution in [3.63, 3.8) is 0 Å². The summed E-state index contributed by atoms with van der Waals surface area (Å²) in [6.45, 7) is 4.44. The van der Waals surface area contributed by atoms with Crippen molar-refractivity contribution in [2.24, 2.45) is 0 Å². The molecule has 0 spiro atoms. The molecule has 0 aliphatic carbocycles. The summed E-state index contributed by atoms with van der Waals surface area (Å²) in [5.74, 6) is 0. The third kappa shape index (κ3) is 4.01. The van der Waals surface area contributed by atoms with Gasteiger partial charge in [-0.2, -0.15) is 0 Å². The van der Waals surface area contributed by atoms with Crippen molar-refractivity contribution in [3.05, 3.63) is 60.2 Å². The summed E-state index contributed by atoms with van der Waals surface area (Å²) in [5.41, 5.74) is 3.87. The molecule has 0 atom stereocenters. The molecule has 1 aliphatic heterocycles. The second-order valence-electron chi connectivity index (χ2n) is 5.69. The van der Waals surface area contributed by atoms with Gasteiger partial charge in [-0.25, -0.2) is 0 Å². The van der Waals surface area contributed by atoms with Crippen LogP contribution in [0.2, 0.25) is 1.41 Å². The zero-order valence-electron chi connectivity index (χ0n) is 14.0. The van der Waals surface area contributed by atoms with Crippen LogP contribution < -0.4 is 15.5 Å². The molecule has 0 amide bonds. The summed E-state index contributed by atoms with van der Waals surface area (Å²) >= 11 is 0. The molecule has 22 heavy (non-hydrogen) atoms. The minimum Gasteiger partial charge on any atom is -0.383 e. The standard InChI is InChI=1S/C19H25N3/c1-2-7-17(8-3-1)9-6-12-21-18-10-4-5-11-19(18)22-15-13-20-14-16-22/h1-5,7-8,10-11,20-21H,6,9,12-16H2/i/hD. The van der Waals surface area contributed by atoms with Crippen molar-refractivity contribution in [1.29, 1.82) is 0 Å². The zero-order valence-corrected chi connectivity index (χ0v) is 13.0. The Morgan fingerprint density at radius 3 is 2.55 bits per heavy atom. The second kappa shape index (κ2) is 7.85. The molecule has 3 rings (SSSR count). The van der Waals surface area contributed by atoms with Crippen molar-refractivity contribution in [1.82, 2.24) is 5.31 Å². The minimum absolute atomic E-state index is 0.808. The van der Waals surface area contributed by atoms with Crippen molar-refractivity contribution in [2.75, 3.05) is 42.9 Å². The predicted octanol–water partition coefficient (Wildman–Crippen LogP) is 3.14. The quantitative estimate of drug-likeness (QED) is 0.802. The van der Waals surface area contributed by atoms with Crippen molar-refractivity contribution >= 4 is 11.4 Å². The third-order valence-electron chi connectivity index (χ3n) is 4.10. The Bertz CT molecular complexity index is 595. The Hall–Kier alpha value is -2.00. The Labute approximate surface area is 134 Å². The molecule has 1 saturated heterocycles. The van der Waals surface area contributed by atoms with Crippen LogP contribution in [0.25, 0.3) is 0 Å². The van der Waals surface area contributed by atoms with E-state index in [1.807, 2.05) is 0 Å². The van der Waals surface area contributed by atoms with E-state index < -0.39 is 0 Å². The molecule has 0 saturated carbocycles. The van der Waals surface area contributed by atoms with Gasteiger partial charge in [0.15, 0.2) is 0 Å². The van der Waals surface area contributed by atoms with Gasteiger partial charge in [-0.05, 0) is 30.5 Å². The molecular weight excluding hydrogens is 270 g/mol. The maximum Gasteiger partial charge on any atom is 0.122 e. The molecule has 0 bridgehead atoms. The van der Waals surface area contributed by atoms with Gasteiger partial charge in [0.2, 0.25) is 0 Å². The second-order valence-corrected chi connectivity index (χ2v) is 5.69. The molecule has 0 unspecified atom stereocenters. The number of nitrogens with one attached hydrogen (secondary N) is 2. The van der Waals surface area contributed by atoms with Crippen LogP contribution in [0.5, 0.6) is 0 Å². The van der Waals surface area contributed by atoms with Crippen LogP contribution in [-0.4, -0.2) is 32.7 Å². The number of benzene rings is 2. The van der Waals surface area contributed by atoms with Crippen LogP contribution in [0.4, 0.5) is 11.4 Å². The molecule has 2 N–H and O–H groups in total. The molecular formula is C19H25N3. The molecule has 0 radical (unpaired) electrons. The summed E-state index contributed by atoms with van der Waals surface area (Å²) in [4.78, 5) is 2.38. The largest absolute Gasteiger partial charge is 0.383 e. The van der Waals surface area contributed by atoms with Crippen molar-refractivity contribution in [3.8, 4) is 0 Å². The van der Waals surface area contributed by atoms with Gasteiger partial charge in [-0.1, -0.05) is 42.5 Å². The van der Waals surface area contributed by atoms with E-state index in [0.29, 0.717) is 0 Å². The number of aryl methyl sites for hydroxylation is 1. The number of rotatable bonds is 6. The fraction of sp³-hybridized carbons (Fsp3) is 0.368. The van der Waals surface area contributed by atoms with Crippen LogP contribution in [0.3, 0.4) is 0 Å². The molecule has 3 nitrogen and oxygen atoms in total. The summed E-state index contributed by atoms with van der Waals surface area (Å²) in [6.07, 6.45) is 2.23. The van der Waals surface area contributed by atoms with E-state index in [9.17, 15) is 0 Å². The Morgan fingerprint density at radius 2 is 1.73 bits per heavy atom. The summed E-state index contributed by atoms with van der Waals surface area (Å²) in [5, 5.41) is 5.24. The van der Waals surface area contributed by atoms with Gasteiger partial charge in [0.25, 0.3) is 0 Å².